The minimum absolute atomic E-state index is 0.0329. The van der Waals surface area contributed by atoms with Gasteiger partial charge in [-0.05, 0) is 38.0 Å². The summed E-state index contributed by atoms with van der Waals surface area (Å²) < 4.78 is 1.95. The molecule has 1 aromatic carbocycles. The smallest absolute Gasteiger partial charge is 0.319 e. The molecule has 138 valence electrons. The summed E-state index contributed by atoms with van der Waals surface area (Å²) in [5, 5.41) is 5.87. The summed E-state index contributed by atoms with van der Waals surface area (Å²) in [6.45, 7) is 4.69. The Morgan fingerprint density at radius 1 is 1.27 bits per heavy atom. The molecule has 1 aromatic heterocycles. The molecule has 1 aliphatic heterocycles. The van der Waals surface area contributed by atoms with Crippen molar-refractivity contribution in [1.82, 2.24) is 19.8 Å². The van der Waals surface area contributed by atoms with Crippen LogP contribution in [0.15, 0.2) is 30.7 Å². The van der Waals surface area contributed by atoms with Crippen LogP contribution in [0.3, 0.4) is 0 Å². The van der Waals surface area contributed by atoms with Gasteiger partial charge >= 0.3 is 6.03 Å². The number of nitrogens with one attached hydrogen (secondary N) is 2. The van der Waals surface area contributed by atoms with Gasteiger partial charge in [-0.3, -0.25) is 4.79 Å². The highest BCUT2D eigenvalue weighted by Gasteiger charge is 2.20. The molecular formula is C18H22ClN5O2. The Hall–Kier alpha value is -2.54. The molecule has 1 fully saturated rings. The second-order valence-corrected chi connectivity index (χ2v) is 6.58. The number of aromatic nitrogens is 2. The van der Waals surface area contributed by atoms with Crippen LogP contribution in [0.25, 0.3) is 0 Å². The molecule has 3 amide bonds. The maximum absolute atomic E-state index is 12.5. The predicted octanol–water partition coefficient (Wildman–Crippen LogP) is 3.11. The van der Waals surface area contributed by atoms with E-state index in [4.69, 9.17) is 11.6 Å². The Labute approximate surface area is 157 Å². The number of halogens is 1. The number of amides is 3. The van der Waals surface area contributed by atoms with Crippen LogP contribution in [-0.2, 0) is 13.1 Å². The molecule has 2 heterocycles. The summed E-state index contributed by atoms with van der Waals surface area (Å²) in [7, 11) is 0. The maximum Gasteiger partial charge on any atom is 0.319 e. The number of carbonyl (C=O) groups is 2. The highest BCUT2D eigenvalue weighted by Crippen LogP contribution is 2.24. The lowest BCUT2D eigenvalue weighted by Gasteiger charge is -2.16. The van der Waals surface area contributed by atoms with Crippen molar-refractivity contribution in [2.45, 2.75) is 32.9 Å². The second kappa shape index (κ2) is 8.23. The van der Waals surface area contributed by atoms with E-state index in [-0.39, 0.29) is 11.9 Å². The molecule has 26 heavy (non-hydrogen) atoms. The minimum Gasteiger partial charge on any atom is -0.339 e. The molecule has 1 saturated heterocycles. The van der Waals surface area contributed by atoms with Crippen LogP contribution in [0, 0.1) is 0 Å². The Bertz CT molecular complexity index is 799. The minimum atomic E-state index is -0.387. The molecule has 0 radical (unpaired) electrons. The fourth-order valence-corrected chi connectivity index (χ4v) is 3.14. The van der Waals surface area contributed by atoms with Gasteiger partial charge in [0.05, 0.1) is 29.3 Å². The predicted molar refractivity (Wildman–Crippen MR) is 100 cm³/mol. The van der Waals surface area contributed by atoms with Crippen molar-refractivity contribution in [1.29, 1.82) is 0 Å². The average Bonchev–Trinajstić information content (AvgIpc) is 3.32. The van der Waals surface area contributed by atoms with Gasteiger partial charge in [-0.15, -0.1) is 0 Å². The molecule has 2 N–H and O–H groups in total. The monoisotopic (exact) mass is 375 g/mol. The van der Waals surface area contributed by atoms with Gasteiger partial charge in [0.1, 0.15) is 0 Å². The molecule has 1 aliphatic rings. The zero-order chi connectivity index (χ0) is 18.5. The maximum atomic E-state index is 12.5. The summed E-state index contributed by atoms with van der Waals surface area (Å²) in [6, 6.07) is 4.55. The first-order chi connectivity index (χ1) is 12.6. The molecule has 0 bridgehead atoms. The van der Waals surface area contributed by atoms with Crippen molar-refractivity contribution in [3.8, 4) is 0 Å². The van der Waals surface area contributed by atoms with Gasteiger partial charge in [0, 0.05) is 31.4 Å². The van der Waals surface area contributed by atoms with E-state index in [2.05, 4.69) is 15.6 Å². The van der Waals surface area contributed by atoms with Gasteiger partial charge in [0.25, 0.3) is 5.91 Å². The number of likely N-dealkylation sites (tertiary alicyclic amines) is 1. The molecule has 0 unspecified atom stereocenters. The van der Waals surface area contributed by atoms with Crippen LogP contribution in [0.5, 0.6) is 0 Å². The lowest BCUT2D eigenvalue weighted by molar-refractivity contribution is 0.0793. The first-order valence-corrected chi connectivity index (χ1v) is 9.09. The fraction of sp³-hybridized carbons (Fsp3) is 0.389. The van der Waals surface area contributed by atoms with Crippen molar-refractivity contribution >= 4 is 29.2 Å². The summed E-state index contributed by atoms with van der Waals surface area (Å²) in [4.78, 5) is 30.6. The number of nitrogens with zero attached hydrogens (tertiary/aromatic N) is 3. The average molecular weight is 376 g/mol. The van der Waals surface area contributed by atoms with Crippen LogP contribution in [0.4, 0.5) is 10.5 Å². The first kappa shape index (κ1) is 18.3. The van der Waals surface area contributed by atoms with E-state index in [1.807, 2.05) is 16.4 Å². The Balaban J connectivity index is 1.63. The van der Waals surface area contributed by atoms with Crippen molar-refractivity contribution in [2.75, 3.05) is 18.4 Å². The van der Waals surface area contributed by atoms with E-state index in [0.717, 1.165) is 38.2 Å². The van der Waals surface area contributed by atoms with E-state index in [1.54, 1.807) is 30.7 Å². The van der Waals surface area contributed by atoms with Crippen molar-refractivity contribution in [3.63, 3.8) is 0 Å². The van der Waals surface area contributed by atoms with E-state index < -0.39 is 0 Å². The van der Waals surface area contributed by atoms with Crippen molar-refractivity contribution in [2.24, 2.45) is 0 Å². The van der Waals surface area contributed by atoms with Gasteiger partial charge in [-0.1, -0.05) is 11.6 Å². The highest BCUT2D eigenvalue weighted by molar-refractivity contribution is 6.33. The number of hydrogen-bond acceptors (Lipinski definition) is 3. The molecule has 0 saturated carbocycles. The van der Waals surface area contributed by atoms with E-state index >= 15 is 0 Å². The highest BCUT2D eigenvalue weighted by atomic mass is 35.5. The summed E-state index contributed by atoms with van der Waals surface area (Å²) in [5.74, 6) is -0.0329. The number of rotatable bonds is 5. The van der Waals surface area contributed by atoms with Gasteiger partial charge in [-0.25, -0.2) is 9.78 Å². The van der Waals surface area contributed by atoms with Gasteiger partial charge in [0.2, 0.25) is 0 Å². The summed E-state index contributed by atoms with van der Waals surface area (Å²) in [6.07, 6.45) is 5.49. The summed E-state index contributed by atoms with van der Waals surface area (Å²) >= 11 is 6.17. The molecule has 7 nitrogen and oxygen atoms in total. The first-order valence-electron chi connectivity index (χ1n) is 8.71. The van der Waals surface area contributed by atoms with Crippen molar-refractivity contribution < 1.29 is 9.59 Å². The van der Waals surface area contributed by atoms with E-state index in [0.29, 0.717) is 22.8 Å². The van der Waals surface area contributed by atoms with Crippen LogP contribution >= 0.6 is 11.6 Å². The lowest BCUT2D eigenvalue weighted by atomic mass is 10.1. The normalized spacial score (nSPS) is 13.7. The SMILES string of the molecule is CCn1cncc1CNC(=O)Nc1cc(C(=O)N2CCCC2)ccc1Cl. The standard InChI is InChI=1S/C18H22ClN5O2/c1-2-23-12-20-10-14(23)11-21-18(26)22-16-9-13(5-6-15(16)19)17(25)24-7-3-4-8-24/h5-6,9-10,12H,2-4,7-8,11H2,1H3,(H2,21,22,26). The molecule has 3 rings (SSSR count). The number of aryl methyl sites for hydroxylation is 1. The van der Waals surface area contributed by atoms with Gasteiger partial charge in [-0.2, -0.15) is 0 Å². The topological polar surface area (TPSA) is 79.3 Å². The molecular weight excluding hydrogens is 354 g/mol. The number of hydrogen-bond donors (Lipinski definition) is 2. The number of urea groups is 1. The zero-order valence-electron chi connectivity index (χ0n) is 14.7. The van der Waals surface area contributed by atoms with Crippen LogP contribution in [-0.4, -0.2) is 39.5 Å². The number of carbonyl (C=O) groups excluding carboxylic acids is 2. The van der Waals surface area contributed by atoms with Gasteiger partial charge in [0.15, 0.2) is 0 Å². The van der Waals surface area contributed by atoms with Crippen LogP contribution in [0.2, 0.25) is 5.02 Å². The number of benzene rings is 1. The summed E-state index contributed by atoms with van der Waals surface area (Å²) in [5.41, 5.74) is 1.85. The van der Waals surface area contributed by atoms with E-state index in [1.165, 1.54) is 0 Å². The second-order valence-electron chi connectivity index (χ2n) is 6.17. The lowest BCUT2D eigenvalue weighted by Crippen LogP contribution is -2.30. The van der Waals surface area contributed by atoms with E-state index in [9.17, 15) is 9.59 Å². The van der Waals surface area contributed by atoms with Crippen LogP contribution < -0.4 is 10.6 Å². The number of imidazole rings is 1. The Morgan fingerprint density at radius 2 is 2.04 bits per heavy atom. The molecule has 8 heteroatoms. The molecule has 0 aliphatic carbocycles. The Kier molecular flexibility index (Phi) is 5.78. The fourth-order valence-electron chi connectivity index (χ4n) is 2.97. The largest absolute Gasteiger partial charge is 0.339 e. The molecule has 2 aromatic rings. The number of anilines is 1. The molecule has 0 spiro atoms. The molecule has 0 atom stereocenters. The van der Waals surface area contributed by atoms with Crippen molar-refractivity contribution in [3.05, 3.63) is 47.0 Å². The zero-order valence-corrected chi connectivity index (χ0v) is 15.4. The third kappa shape index (κ3) is 4.16. The Morgan fingerprint density at radius 3 is 2.77 bits per heavy atom. The quantitative estimate of drug-likeness (QED) is 0.842. The third-order valence-corrected chi connectivity index (χ3v) is 4.75. The van der Waals surface area contributed by atoms with Crippen LogP contribution in [0.1, 0.15) is 35.8 Å². The third-order valence-electron chi connectivity index (χ3n) is 4.42. The van der Waals surface area contributed by atoms with Gasteiger partial charge < -0.3 is 20.1 Å².